The van der Waals surface area contributed by atoms with Crippen molar-refractivity contribution in [1.29, 1.82) is 0 Å². The van der Waals surface area contributed by atoms with Crippen LogP contribution in [-0.2, 0) is 14.3 Å². The number of benzene rings is 1. The molecule has 1 heterocycles. The van der Waals surface area contributed by atoms with Gasteiger partial charge >= 0.3 is 12.0 Å². The van der Waals surface area contributed by atoms with Gasteiger partial charge in [-0.15, -0.1) is 0 Å². The van der Waals surface area contributed by atoms with Crippen LogP contribution in [0.15, 0.2) is 24.3 Å². The molecule has 3 rings (SSSR count). The molecule has 2 N–H and O–H groups in total. The van der Waals surface area contributed by atoms with Crippen LogP contribution in [0.5, 0.6) is 0 Å². The summed E-state index contributed by atoms with van der Waals surface area (Å²) in [5.74, 6) is -2.81. The van der Waals surface area contributed by atoms with Gasteiger partial charge in [-0.3, -0.25) is 24.6 Å². The molecular weight excluding hydrogens is 378 g/mol. The highest BCUT2D eigenvalue weighted by atomic mass is 16.5. The quantitative estimate of drug-likeness (QED) is 0.523. The van der Waals surface area contributed by atoms with Gasteiger partial charge in [-0.2, -0.15) is 0 Å². The lowest BCUT2D eigenvalue weighted by Crippen LogP contribution is -2.47. The number of nitrogens with zero attached hydrogens (tertiary/aromatic N) is 1. The molecular formula is C20H23N3O6. The van der Waals surface area contributed by atoms with E-state index in [9.17, 15) is 24.0 Å². The second kappa shape index (κ2) is 8.42. The predicted octanol–water partition coefficient (Wildman–Crippen LogP) is 1.23. The maximum Gasteiger partial charge on any atom is 0.329 e. The third-order valence-corrected chi connectivity index (χ3v) is 4.61. The first kappa shape index (κ1) is 20.5. The summed E-state index contributed by atoms with van der Waals surface area (Å²) in [6, 6.07) is 4.61. The van der Waals surface area contributed by atoms with Gasteiger partial charge in [-0.1, -0.05) is 26.0 Å². The van der Waals surface area contributed by atoms with Gasteiger partial charge < -0.3 is 10.1 Å². The molecule has 0 unspecified atom stereocenters. The van der Waals surface area contributed by atoms with Gasteiger partial charge in [0.1, 0.15) is 6.04 Å². The minimum absolute atomic E-state index is 0.0185. The Hall–Kier alpha value is -3.23. The van der Waals surface area contributed by atoms with Crippen molar-refractivity contribution in [3.8, 4) is 0 Å². The first-order chi connectivity index (χ1) is 13.8. The van der Waals surface area contributed by atoms with Crippen LogP contribution in [0.3, 0.4) is 0 Å². The molecule has 1 aliphatic heterocycles. The van der Waals surface area contributed by atoms with Crippen LogP contribution in [-0.4, -0.2) is 53.3 Å². The van der Waals surface area contributed by atoms with Gasteiger partial charge in [-0.05, 0) is 37.3 Å². The van der Waals surface area contributed by atoms with Crippen LogP contribution in [0.25, 0.3) is 0 Å². The third-order valence-electron chi connectivity index (χ3n) is 4.61. The van der Waals surface area contributed by atoms with E-state index in [4.69, 9.17) is 4.74 Å². The van der Waals surface area contributed by atoms with Crippen molar-refractivity contribution in [2.24, 2.45) is 5.92 Å². The lowest BCUT2D eigenvalue weighted by Gasteiger charge is -2.25. The zero-order valence-electron chi connectivity index (χ0n) is 16.3. The molecule has 0 spiro atoms. The fourth-order valence-electron chi connectivity index (χ4n) is 3.09. The van der Waals surface area contributed by atoms with Gasteiger partial charge in [0.25, 0.3) is 17.7 Å². The Bertz CT molecular complexity index is 827. The zero-order valence-corrected chi connectivity index (χ0v) is 16.3. The van der Waals surface area contributed by atoms with Crippen LogP contribution in [0, 0.1) is 5.92 Å². The van der Waals surface area contributed by atoms with E-state index in [1.807, 2.05) is 13.8 Å². The number of carbonyl (C=O) groups is 5. The summed E-state index contributed by atoms with van der Waals surface area (Å²) in [6.45, 7) is 3.00. The van der Waals surface area contributed by atoms with E-state index in [1.54, 1.807) is 12.1 Å². The molecule has 29 heavy (non-hydrogen) atoms. The molecule has 1 saturated carbocycles. The number of carbonyl (C=O) groups excluding carboxylic acids is 5. The average molecular weight is 401 g/mol. The van der Waals surface area contributed by atoms with Crippen molar-refractivity contribution in [2.75, 3.05) is 6.61 Å². The number of nitrogens with one attached hydrogen (secondary N) is 2. The normalized spacial score (nSPS) is 16.4. The Morgan fingerprint density at radius 1 is 1.10 bits per heavy atom. The van der Waals surface area contributed by atoms with E-state index in [2.05, 4.69) is 10.6 Å². The Balaban J connectivity index is 1.64. The number of amides is 5. The predicted molar refractivity (Wildman–Crippen MR) is 101 cm³/mol. The molecule has 0 bridgehead atoms. The lowest BCUT2D eigenvalue weighted by atomic mass is 10.0. The zero-order chi connectivity index (χ0) is 21.1. The Morgan fingerprint density at radius 2 is 1.69 bits per heavy atom. The molecule has 0 aromatic heterocycles. The molecule has 1 aromatic rings. The molecule has 2 aliphatic rings. The molecule has 9 nitrogen and oxygen atoms in total. The smallest absolute Gasteiger partial charge is 0.329 e. The fourth-order valence-corrected chi connectivity index (χ4v) is 3.09. The fraction of sp³-hybridized carbons (Fsp3) is 0.450. The van der Waals surface area contributed by atoms with E-state index < -0.39 is 42.4 Å². The number of rotatable bonds is 7. The van der Waals surface area contributed by atoms with Crippen molar-refractivity contribution >= 4 is 29.7 Å². The highest BCUT2D eigenvalue weighted by molar-refractivity contribution is 6.22. The van der Waals surface area contributed by atoms with Crippen molar-refractivity contribution in [2.45, 2.75) is 45.2 Å². The third kappa shape index (κ3) is 4.79. The topological polar surface area (TPSA) is 122 Å². The largest absolute Gasteiger partial charge is 0.454 e. The lowest BCUT2D eigenvalue weighted by molar-refractivity contribution is -0.152. The highest BCUT2D eigenvalue weighted by Gasteiger charge is 2.43. The van der Waals surface area contributed by atoms with Crippen LogP contribution in [0.2, 0.25) is 0 Å². The number of hydrogen-bond acceptors (Lipinski definition) is 6. The van der Waals surface area contributed by atoms with E-state index in [0.717, 1.165) is 17.7 Å². The Kier molecular flexibility index (Phi) is 5.95. The molecule has 0 radical (unpaired) electrons. The standard InChI is InChI=1S/C20H23N3O6/c1-11(2)9-15(23-17(25)13-5-3-4-6-14(13)18(23)26)19(27)29-10-16(24)22-20(28)21-12-7-8-12/h3-6,11-12,15H,7-10H2,1-2H3,(H2,21,22,24,28)/t15-/m1/s1. The first-order valence-corrected chi connectivity index (χ1v) is 9.51. The molecule has 5 amide bonds. The number of ether oxygens (including phenoxy) is 1. The van der Waals surface area contributed by atoms with Crippen molar-refractivity contribution in [3.63, 3.8) is 0 Å². The molecule has 9 heteroatoms. The van der Waals surface area contributed by atoms with Crippen molar-refractivity contribution in [1.82, 2.24) is 15.5 Å². The molecule has 1 aliphatic carbocycles. The monoisotopic (exact) mass is 401 g/mol. The minimum Gasteiger partial charge on any atom is -0.454 e. The van der Waals surface area contributed by atoms with Crippen molar-refractivity contribution in [3.05, 3.63) is 35.4 Å². The molecule has 0 saturated heterocycles. The van der Waals surface area contributed by atoms with E-state index in [-0.39, 0.29) is 29.5 Å². The summed E-state index contributed by atoms with van der Waals surface area (Å²) < 4.78 is 5.02. The van der Waals surface area contributed by atoms with Crippen LogP contribution in [0.4, 0.5) is 4.79 Å². The van der Waals surface area contributed by atoms with Crippen LogP contribution in [0.1, 0.15) is 53.8 Å². The molecule has 1 atom stereocenters. The van der Waals surface area contributed by atoms with Gasteiger partial charge in [0.2, 0.25) is 0 Å². The van der Waals surface area contributed by atoms with Gasteiger partial charge in [-0.25, -0.2) is 9.59 Å². The summed E-state index contributed by atoms with van der Waals surface area (Å²) in [5, 5.41) is 4.65. The number of fused-ring (bicyclic) bond motifs is 1. The number of hydrogen-bond donors (Lipinski definition) is 2. The summed E-state index contributed by atoms with van der Waals surface area (Å²) in [6.07, 6.45) is 1.93. The van der Waals surface area contributed by atoms with Crippen LogP contribution < -0.4 is 10.6 Å². The SMILES string of the molecule is CC(C)C[C@H](C(=O)OCC(=O)NC(=O)NC1CC1)N1C(=O)c2ccccc2C1=O. The molecule has 1 fully saturated rings. The first-order valence-electron chi connectivity index (χ1n) is 9.51. The molecule has 154 valence electrons. The maximum absolute atomic E-state index is 12.7. The van der Waals surface area contributed by atoms with E-state index in [0.29, 0.717) is 0 Å². The molecule has 1 aromatic carbocycles. The van der Waals surface area contributed by atoms with Gasteiger partial charge in [0.15, 0.2) is 6.61 Å². The van der Waals surface area contributed by atoms with Crippen LogP contribution >= 0.6 is 0 Å². The summed E-state index contributed by atoms with van der Waals surface area (Å²) in [4.78, 5) is 62.3. The minimum atomic E-state index is -1.16. The number of urea groups is 1. The van der Waals surface area contributed by atoms with Gasteiger partial charge in [0, 0.05) is 6.04 Å². The Labute approximate surface area is 167 Å². The summed E-state index contributed by atoms with van der Waals surface area (Å²) in [7, 11) is 0. The second-order valence-corrected chi connectivity index (χ2v) is 7.57. The van der Waals surface area contributed by atoms with E-state index >= 15 is 0 Å². The number of imide groups is 2. The second-order valence-electron chi connectivity index (χ2n) is 7.57. The average Bonchev–Trinajstić information content (AvgIpc) is 3.44. The summed E-state index contributed by atoms with van der Waals surface area (Å²) in [5.41, 5.74) is 0.460. The van der Waals surface area contributed by atoms with Crippen molar-refractivity contribution < 1.29 is 28.7 Å². The van der Waals surface area contributed by atoms with Gasteiger partial charge in [0.05, 0.1) is 11.1 Å². The highest BCUT2D eigenvalue weighted by Crippen LogP contribution is 2.27. The summed E-state index contributed by atoms with van der Waals surface area (Å²) >= 11 is 0. The Morgan fingerprint density at radius 3 is 2.21 bits per heavy atom. The van der Waals surface area contributed by atoms with E-state index in [1.165, 1.54) is 12.1 Å². The maximum atomic E-state index is 12.7. The number of esters is 1.